The molecule has 0 spiro atoms. The van der Waals surface area contributed by atoms with Crippen LogP contribution in [0.2, 0.25) is 0 Å². The van der Waals surface area contributed by atoms with Gasteiger partial charge >= 0.3 is 0 Å². The minimum Gasteiger partial charge on any atom is -0.332 e. The molecule has 7 nitrogen and oxygen atoms in total. The van der Waals surface area contributed by atoms with Gasteiger partial charge in [-0.05, 0) is 18.6 Å². The Morgan fingerprint density at radius 3 is 3.21 bits per heavy atom. The fourth-order valence-corrected chi connectivity index (χ4v) is 3.29. The second-order valence-corrected chi connectivity index (χ2v) is 5.78. The molecular formula is C11H16N6OS. The fraction of sp³-hybridized carbons (Fsp3) is 0.636. The van der Waals surface area contributed by atoms with Crippen molar-refractivity contribution < 1.29 is 4.52 Å². The minimum atomic E-state index is 0.352. The van der Waals surface area contributed by atoms with Crippen molar-refractivity contribution in [3.8, 4) is 11.6 Å². The van der Waals surface area contributed by atoms with Crippen LogP contribution in [-0.2, 0) is 6.54 Å². The van der Waals surface area contributed by atoms with Gasteiger partial charge in [0.25, 0.3) is 5.89 Å². The van der Waals surface area contributed by atoms with Crippen molar-refractivity contribution in [2.24, 2.45) is 5.73 Å². The zero-order valence-electron chi connectivity index (χ0n) is 10.5. The van der Waals surface area contributed by atoms with Gasteiger partial charge in [0, 0.05) is 6.54 Å². The molecule has 8 heteroatoms. The highest BCUT2D eigenvalue weighted by atomic mass is 32.2. The standard InChI is InChI=1S/C11H16N6OS/c12-4-5-17-7-8(14-16-17)11-13-10(15-18-11)9-3-1-2-6-19-9/h7,9H,1-6,12H2. The first kappa shape index (κ1) is 12.6. The van der Waals surface area contributed by atoms with E-state index in [4.69, 9.17) is 10.3 Å². The first-order valence-corrected chi connectivity index (χ1v) is 7.47. The molecule has 0 radical (unpaired) electrons. The highest BCUT2D eigenvalue weighted by Crippen LogP contribution is 2.37. The molecule has 1 fully saturated rings. The van der Waals surface area contributed by atoms with Gasteiger partial charge in [0.2, 0.25) is 0 Å². The van der Waals surface area contributed by atoms with Crippen LogP contribution >= 0.6 is 11.8 Å². The Morgan fingerprint density at radius 2 is 2.42 bits per heavy atom. The number of hydrogen-bond donors (Lipinski definition) is 1. The van der Waals surface area contributed by atoms with Gasteiger partial charge in [0.05, 0.1) is 18.0 Å². The predicted octanol–water partition coefficient (Wildman–Crippen LogP) is 1.24. The van der Waals surface area contributed by atoms with Gasteiger partial charge in [-0.1, -0.05) is 16.8 Å². The van der Waals surface area contributed by atoms with E-state index < -0.39 is 0 Å². The van der Waals surface area contributed by atoms with E-state index in [1.165, 1.54) is 18.6 Å². The summed E-state index contributed by atoms with van der Waals surface area (Å²) in [4.78, 5) is 4.43. The van der Waals surface area contributed by atoms with Crippen LogP contribution in [0.3, 0.4) is 0 Å². The van der Waals surface area contributed by atoms with E-state index in [9.17, 15) is 0 Å². The number of aromatic nitrogens is 5. The quantitative estimate of drug-likeness (QED) is 0.900. The van der Waals surface area contributed by atoms with Gasteiger partial charge in [-0.2, -0.15) is 16.7 Å². The number of nitrogens with zero attached hydrogens (tertiary/aromatic N) is 5. The molecule has 3 heterocycles. The van der Waals surface area contributed by atoms with Crippen molar-refractivity contribution in [3.05, 3.63) is 12.0 Å². The van der Waals surface area contributed by atoms with E-state index in [0.29, 0.717) is 29.9 Å². The number of rotatable bonds is 4. The lowest BCUT2D eigenvalue weighted by molar-refractivity contribution is 0.419. The fourth-order valence-electron chi connectivity index (χ4n) is 2.05. The summed E-state index contributed by atoms with van der Waals surface area (Å²) < 4.78 is 6.95. The minimum absolute atomic E-state index is 0.352. The first-order chi connectivity index (χ1) is 9.36. The van der Waals surface area contributed by atoms with Crippen LogP contribution in [0.4, 0.5) is 0 Å². The first-order valence-electron chi connectivity index (χ1n) is 6.42. The van der Waals surface area contributed by atoms with Crippen LogP contribution < -0.4 is 5.73 Å². The van der Waals surface area contributed by atoms with Crippen LogP contribution in [0.5, 0.6) is 0 Å². The Balaban J connectivity index is 1.75. The van der Waals surface area contributed by atoms with Gasteiger partial charge in [-0.25, -0.2) is 0 Å². The van der Waals surface area contributed by atoms with Crippen molar-refractivity contribution in [2.75, 3.05) is 12.3 Å². The molecule has 0 aromatic carbocycles. The molecule has 102 valence electrons. The molecule has 19 heavy (non-hydrogen) atoms. The van der Waals surface area contributed by atoms with Gasteiger partial charge in [0.1, 0.15) is 0 Å². The van der Waals surface area contributed by atoms with Crippen molar-refractivity contribution in [2.45, 2.75) is 31.1 Å². The van der Waals surface area contributed by atoms with E-state index in [1.807, 2.05) is 11.8 Å². The largest absolute Gasteiger partial charge is 0.332 e. The van der Waals surface area contributed by atoms with Gasteiger partial charge in [-0.15, -0.1) is 5.10 Å². The summed E-state index contributed by atoms with van der Waals surface area (Å²) in [5, 5.41) is 12.4. The summed E-state index contributed by atoms with van der Waals surface area (Å²) in [6, 6.07) is 0. The van der Waals surface area contributed by atoms with E-state index in [2.05, 4.69) is 20.5 Å². The van der Waals surface area contributed by atoms with Crippen molar-refractivity contribution in [1.82, 2.24) is 25.1 Å². The Hall–Kier alpha value is -1.41. The predicted molar refractivity (Wildman–Crippen MR) is 71.4 cm³/mol. The van der Waals surface area contributed by atoms with E-state index in [0.717, 1.165) is 12.2 Å². The number of thioether (sulfide) groups is 1. The molecule has 1 aliphatic heterocycles. The molecular weight excluding hydrogens is 264 g/mol. The van der Waals surface area contributed by atoms with Crippen LogP contribution in [0.15, 0.2) is 10.7 Å². The average Bonchev–Trinajstić information content (AvgIpc) is 3.08. The average molecular weight is 280 g/mol. The molecule has 2 N–H and O–H groups in total. The van der Waals surface area contributed by atoms with Crippen molar-refractivity contribution in [3.63, 3.8) is 0 Å². The van der Waals surface area contributed by atoms with E-state index in [-0.39, 0.29) is 0 Å². The second kappa shape index (κ2) is 5.70. The number of hydrogen-bond acceptors (Lipinski definition) is 7. The lowest BCUT2D eigenvalue weighted by Crippen LogP contribution is -2.10. The van der Waals surface area contributed by atoms with Gasteiger partial charge in [0.15, 0.2) is 11.5 Å². The maximum absolute atomic E-state index is 5.47. The zero-order valence-corrected chi connectivity index (χ0v) is 11.3. The SMILES string of the molecule is NCCn1cc(-c2nc(C3CCCCS3)no2)nn1. The van der Waals surface area contributed by atoms with E-state index >= 15 is 0 Å². The topological polar surface area (TPSA) is 95.7 Å². The third-order valence-corrected chi connectivity index (χ3v) is 4.40. The Morgan fingerprint density at radius 1 is 1.47 bits per heavy atom. The zero-order chi connectivity index (χ0) is 13.1. The molecule has 1 saturated heterocycles. The summed E-state index contributed by atoms with van der Waals surface area (Å²) in [7, 11) is 0. The molecule has 0 aliphatic carbocycles. The van der Waals surface area contributed by atoms with Crippen molar-refractivity contribution in [1.29, 1.82) is 0 Å². The molecule has 0 saturated carbocycles. The molecule has 0 amide bonds. The van der Waals surface area contributed by atoms with Gasteiger partial charge < -0.3 is 10.3 Å². The summed E-state index contributed by atoms with van der Waals surface area (Å²) in [6.45, 7) is 1.16. The lowest BCUT2D eigenvalue weighted by atomic mass is 10.2. The third-order valence-electron chi connectivity index (χ3n) is 3.03. The smallest absolute Gasteiger partial charge is 0.280 e. The van der Waals surface area contributed by atoms with Crippen LogP contribution in [0, 0.1) is 0 Å². The Bertz CT molecular complexity index is 533. The molecule has 3 rings (SSSR count). The summed E-state index contributed by atoms with van der Waals surface area (Å²) in [5.74, 6) is 2.37. The molecule has 1 aliphatic rings. The maximum Gasteiger partial charge on any atom is 0.280 e. The molecule has 2 aromatic heterocycles. The molecule has 1 atom stereocenters. The summed E-state index contributed by atoms with van der Waals surface area (Å²) in [5.41, 5.74) is 6.07. The normalized spacial score (nSPS) is 19.7. The van der Waals surface area contributed by atoms with Crippen LogP contribution in [0.1, 0.15) is 30.3 Å². The molecule has 2 aromatic rings. The molecule has 0 bridgehead atoms. The highest BCUT2D eigenvalue weighted by molar-refractivity contribution is 7.99. The monoisotopic (exact) mass is 280 g/mol. The van der Waals surface area contributed by atoms with Crippen LogP contribution in [0.25, 0.3) is 11.6 Å². The summed E-state index contributed by atoms with van der Waals surface area (Å²) in [6.07, 6.45) is 5.40. The highest BCUT2D eigenvalue weighted by Gasteiger charge is 2.22. The third kappa shape index (κ3) is 2.79. The Labute approximate surface area is 114 Å². The maximum atomic E-state index is 5.47. The second-order valence-electron chi connectivity index (χ2n) is 4.47. The van der Waals surface area contributed by atoms with Crippen molar-refractivity contribution >= 4 is 11.8 Å². The number of nitrogens with two attached hydrogens (primary N) is 1. The lowest BCUT2D eigenvalue weighted by Gasteiger charge is -2.17. The Kier molecular flexibility index (Phi) is 3.79. The van der Waals surface area contributed by atoms with Crippen LogP contribution in [-0.4, -0.2) is 37.4 Å². The summed E-state index contributed by atoms with van der Waals surface area (Å²) >= 11 is 1.90. The van der Waals surface area contributed by atoms with Gasteiger partial charge in [-0.3, -0.25) is 4.68 Å². The molecule has 1 unspecified atom stereocenters. The van der Waals surface area contributed by atoms with E-state index in [1.54, 1.807) is 10.9 Å².